The summed E-state index contributed by atoms with van der Waals surface area (Å²) in [6, 6.07) is 6.68. The van der Waals surface area contributed by atoms with Crippen LogP contribution >= 0.6 is 11.6 Å². The Labute approximate surface area is 118 Å². The van der Waals surface area contributed by atoms with Crippen LogP contribution in [0, 0.1) is 0 Å². The maximum absolute atomic E-state index is 11.8. The zero-order valence-corrected chi connectivity index (χ0v) is 11.7. The third-order valence-electron chi connectivity index (χ3n) is 2.46. The van der Waals surface area contributed by atoms with E-state index in [0.717, 1.165) is 0 Å². The number of aliphatic hydroxyl groups is 1. The minimum atomic E-state index is -1.03. The number of allylic oxidation sites excluding steroid dienone is 3. The van der Waals surface area contributed by atoms with Gasteiger partial charge in [0.05, 0.1) is 12.2 Å². The maximum atomic E-state index is 11.8. The second-order valence-electron chi connectivity index (χ2n) is 3.82. The van der Waals surface area contributed by atoms with Gasteiger partial charge < -0.3 is 9.84 Å². The number of halogens is 1. The summed E-state index contributed by atoms with van der Waals surface area (Å²) in [4.78, 5) is 11.8. The molecule has 1 aromatic rings. The molecule has 0 radical (unpaired) electrons. The van der Waals surface area contributed by atoms with E-state index in [4.69, 9.17) is 16.3 Å². The van der Waals surface area contributed by atoms with E-state index in [1.165, 1.54) is 0 Å². The number of benzene rings is 1. The van der Waals surface area contributed by atoms with Crippen molar-refractivity contribution >= 4 is 17.6 Å². The third kappa shape index (κ3) is 4.54. The molecule has 0 aliphatic carbocycles. The first kappa shape index (κ1) is 15.5. The lowest BCUT2D eigenvalue weighted by molar-refractivity contribution is -0.139. The zero-order valence-electron chi connectivity index (χ0n) is 11.0. The van der Waals surface area contributed by atoms with Crippen LogP contribution in [0.4, 0.5) is 0 Å². The molecule has 0 aliphatic rings. The molecule has 19 heavy (non-hydrogen) atoms. The highest BCUT2D eigenvalue weighted by Crippen LogP contribution is 2.24. The average Bonchev–Trinajstić information content (AvgIpc) is 2.40. The summed E-state index contributed by atoms with van der Waals surface area (Å²) in [6.07, 6.45) is 3.98. The predicted octanol–water partition coefficient (Wildman–Crippen LogP) is 3.44. The molecule has 1 N–H and O–H groups in total. The van der Waals surface area contributed by atoms with E-state index >= 15 is 0 Å². The standard InChI is InChI=1S/C15H17ClO3/c1-3-5-6-13(15(18)19-4-2)14(17)11-7-9-12(16)10-8-11/h3,5-10,14,17H,4H2,1-2H3/b5-3+,13-6+. The van der Waals surface area contributed by atoms with E-state index < -0.39 is 12.1 Å². The zero-order chi connectivity index (χ0) is 14.3. The lowest BCUT2D eigenvalue weighted by Crippen LogP contribution is -2.14. The molecule has 1 rings (SSSR count). The van der Waals surface area contributed by atoms with Crippen LogP contribution in [0.15, 0.2) is 48.1 Å². The molecule has 102 valence electrons. The van der Waals surface area contributed by atoms with Crippen molar-refractivity contribution in [3.8, 4) is 0 Å². The average molecular weight is 281 g/mol. The molecule has 0 fully saturated rings. The van der Waals surface area contributed by atoms with E-state index in [9.17, 15) is 9.90 Å². The molecule has 0 saturated carbocycles. The van der Waals surface area contributed by atoms with Gasteiger partial charge in [-0.1, -0.05) is 35.9 Å². The van der Waals surface area contributed by atoms with Gasteiger partial charge in [0.25, 0.3) is 0 Å². The molecule has 0 aliphatic heterocycles. The lowest BCUT2D eigenvalue weighted by atomic mass is 10.0. The SMILES string of the molecule is C/C=C/C=C(/C(=O)OCC)C(O)c1ccc(Cl)cc1. The third-order valence-corrected chi connectivity index (χ3v) is 2.71. The van der Waals surface area contributed by atoms with Crippen molar-refractivity contribution in [1.82, 2.24) is 0 Å². The Morgan fingerprint density at radius 3 is 2.58 bits per heavy atom. The van der Waals surface area contributed by atoms with Crippen LogP contribution < -0.4 is 0 Å². The minimum absolute atomic E-state index is 0.197. The molecule has 3 nitrogen and oxygen atoms in total. The molecular formula is C15H17ClO3. The lowest BCUT2D eigenvalue weighted by Gasteiger charge is -2.14. The van der Waals surface area contributed by atoms with Crippen LogP contribution in [-0.4, -0.2) is 17.7 Å². The van der Waals surface area contributed by atoms with Gasteiger partial charge in [-0.15, -0.1) is 0 Å². The highest BCUT2D eigenvalue weighted by atomic mass is 35.5. The number of carbonyl (C=O) groups is 1. The Bertz CT molecular complexity index is 475. The summed E-state index contributed by atoms with van der Waals surface area (Å²) >= 11 is 5.79. The fourth-order valence-electron chi connectivity index (χ4n) is 1.51. The molecule has 0 saturated heterocycles. The van der Waals surface area contributed by atoms with E-state index in [2.05, 4.69) is 0 Å². The van der Waals surface area contributed by atoms with Gasteiger partial charge in [0.1, 0.15) is 6.10 Å². The summed E-state index contributed by atoms with van der Waals surface area (Å²) in [5.74, 6) is -0.525. The van der Waals surface area contributed by atoms with Gasteiger partial charge >= 0.3 is 5.97 Å². The number of ether oxygens (including phenoxy) is 1. The van der Waals surface area contributed by atoms with Crippen LogP contribution in [0.2, 0.25) is 5.02 Å². The van der Waals surface area contributed by atoms with Crippen LogP contribution in [0.1, 0.15) is 25.5 Å². The number of carbonyl (C=O) groups excluding carboxylic acids is 1. The number of aliphatic hydroxyl groups excluding tert-OH is 1. The van der Waals surface area contributed by atoms with Crippen LogP contribution in [0.5, 0.6) is 0 Å². The van der Waals surface area contributed by atoms with Crippen molar-refractivity contribution in [1.29, 1.82) is 0 Å². The summed E-state index contributed by atoms with van der Waals surface area (Å²) in [5.41, 5.74) is 0.787. The van der Waals surface area contributed by atoms with Crippen LogP contribution in [0.25, 0.3) is 0 Å². The Kier molecular flexibility index (Phi) is 6.33. The van der Waals surface area contributed by atoms with E-state index in [1.54, 1.807) is 49.4 Å². The Morgan fingerprint density at radius 1 is 1.42 bits per heavy atom. The number of esters is 1. The van der Waals surface area contributed by atoms with Crippen molar-refractivity contribution in [3.63, 3.8) is 0 Å². The molecule has 1 unspecified atom stereocenters. The first-order valence-electron chi connectivity index (χ1n) is 6.03. The van der Waals surface area contributed by atoms with Gasteiger partial charge in [0, 0.05) is 5.02 Å². The number of hydrogen-bond acceptors (Lipinski definition) is 3. The van der Waals surface area contributed by atoms with Gasteiger partial charge in [-0.05, 0) is 37.6 Å². The fourth-order valence-corrected chi connectivity index (χ4v) is 1.64. The Balaban J connectivity index is 3.03. The summed E-state index contributed by atoms with van der Waals surface area (Å²) in [5, 5.41) is 10.8. The largest absolute Gasteiger partial charge is 0.463 e. The summed E-state index contributed by atoms with van der Waals surface area (Å²) < 4.78 is 4.94. The molecule has 0 aromatic heterocycles. The minimum Gasteiger partial charge on any atom is -0.463 e. The quantitative estimate of drug-likeness (QED) is 0.510. The van der Waals surface area contributed by atoms with Gasteiger partial charge in [-0.2, -0.15) is 0 Å². The normalized spacial score (nSPS) is 13.6. The highest BCUT2D eigenvalue weighted by molar-refractivity contribution is 6.30. The first-order valence-corrected chi connectivity index (χ1v) is 6.41. The summed E-state index contributed by atoms with van der Waals surface area (Å²) in [7, 11) is 0. The van der Waals surface area contributed by atoms with Gasteiger partial charge in [0.15, 0.2) is 0 Å². The second kappa shape index (κ2) is 7.77. The highest BCUT2D eigenvalue weighted by Gasteiger charge is 2.20. The molecule has 0 heterocycles. The first-order chi connectivity index (χ1) is 9.10. The number of rotatable bonds is 5. The molecule has 0 amide bonds. The maximum Gasteiger partial charge on any atom is 0.337 e. The van der Waals surface area contributed by atoms with E-state index in [1.807, 2.05) is 6.92 Å². The molecule has 0 bridgehead atoms. The molecule has 4 heteroatoms. The van der Waals surface area contributed by atoms with Gasteiger partial charge in [0.2, 0.25) is 0 Å². The van der Waals surface area contributed by atoms with Crippen LogP contribution in [0.3, 0.4) is 0 Å². The van der Waals surface area contributed by atoms with Crippen molar-refractivity contribution in [2.45, 2.75) is 20.0 Å². The van der Waals surface area contributed by atoms with Gasteiger partial charge in [-0.3, -0.25) is 0 Å². The van der Waals surface area contributed by atoms with E-state index in [-0.39, 0.29) is 12.2 Å². The number of hydrogen-bond donors (Lipinski definition) is 1. The summed E-state index contributed by atoms with van der Waals surface area (Å²) in [6.45, 7) is 3.81. The van der Waals surface area contributed by atoms with E-state index in [0.29, 0.717) is 10.6 Å². The van der Waals surface area contributed by atoms with Crippen molar-refractivity contribution in [3.05, 3.63) is 58.7 Å². The van der Waals surface area contributed by atoms with Crippen molar-refractivity contribution in [2.24, 2.45) is 0 Å². The van der Waals surface area contributed by atoms with Crippen molar-refractivity contribution in [2.75, 3.05) is 6.61 Å². The molecule has 1 atom stereocenters. The second-order valence-corrected chi connectivity index (χ2v) is 4.26. The fraction of sp³-hybridized carbons (Fsp3) is 0.267. The van der Waals surface area contributed by atoms with Gasteiger partial charge in [-0.25, -0.2) is 4.79 Å². The monoisotopic (exact) mass is 280 g/mol. The smallest absolute Gasteiger partial charge is 0.337 e. The topological polar surface area (TPSA) is 46.5 Å². The predicted molar refractivity (Wildman–Crippen MR) is 75.9 cm³/mol. The Hall–Kier alpha value is -1.58. The molecular weight excluding hydrogens is 264 g/mol. The molecule has 1 aromatic carbocycles. The van der Waals surface area contributed by atoms with Crippen molar-refractivity contribution < 1.29 is 14.6 Å². The van der Waals surface area contributed by atoms with Crippen LogP contribution in [-0.2, 0) is 9.53 Å². The molecule has 0 spiro atoms. The Morgan fingerprint density at radius 2 is 2.05 bits per heavy atom.